The fourth-order valence-corrected chi connectivity index (χ4v) is 2.88. The first kappa shape index (κ1) is 15.5. The maximum absolute atomic E-state index is 11.8. The van der Waals surface area contributed by atoms with Crippen LogP contribution < -0.4 is 0 Å². The molecule has 0 aliphatic carbocycles. The number of esters is 1. The normalized spacial score (nSPS) is 10.7. The fraction of sp³-hybridized carbons (Fsp3) is 0.158. The first-order chi connectivity index (χ1) is 11.1. The van der Waals surface area contributed by atoms with Gasteiger partial charge in [0.2, 0.25) is 0 Å². The lowest BCUT2D eigenvalue weighted by Crippen LogP contribution is -2.00. The van der Waals surface area contributed by atoms with Gasteiger partial charge < -0.3 is 4.74 Å². The van der Waals surface area contributed by atoms with Crippen molar-refractivity contribution in [3.05, 3.63) is 64.8 Å². The quantitative estimate of drug-likeness (QED) is 0.643. The zero-order chi connectivity index (χ0) is 16.4. The minimum absolute atomic E-state index is 0.359. The minimum atomic E-state index is -0.359. The Balaban J connectivity index is 2.22. The van der Waals surface area contributed by atoms with Gasteiger partial charge in [0.15, 0.2) is 0 Å². The number of pyridine rings is 1. The van der Waals surface area contributed by atoms with Crippen molar-refractivity contribution in [3.8, 4) is 11.3 Å². The van der Waals surface area contributed by atoms with Crippen LogP contribution in [0.25, 0.3) is 22.0 Å². The third-order valence-electron chi connectivity index (χ3n) is 3.86. The molecule has 1 heterocycles. The Morgan fingerprint density at radius 2 is 2.04 bits per heavy atom. The molecule has 0 fully saturated rings. The molecule has 23 heavy (non-hydrogen) atoms. The van der Waals surface area contributed by atoms with Crippen LogP contribution in [0.1, 0.15) is 22.8 Å². The number of hydrogen-bond acceptors (Lipinski definition) is 3. The van der Waals surface area contributed by atoms with E-state index >= 15 is 0 Å². The van der Waals surface area contributed by atoms with Crippen molar-refractivity contribution in [1.82, 2.24) is 4.98 Å². The molecule has 3 nitrogen and oxygen atoms in total. The lowest BCUT2D eigenvalue weighted by molar-refractivity contribution is 0.0601. The van der Waals surface area contributed by atoms with Crippen LogP contribution in [0.2, 0.25) is 5.02 Å². The molecule has 0 atom stereocenters. The van der Waals surface area contributed by atoms with Gasteiger partial charge in [-0.15, -0.1) is 0 Å². The molecule has 0 saturated heterocycles. The van der Waals surface area contributed by atoms with Gasteiger partial charge >= 0.3 is 5.97 Å². The van der Waals surface area contributed by atoms with E-state index in [-0.39, 0.29) is 5.97 Å². The Kier molecular flexibility index (Phi) is 4.30. The van der Waals surface area contributed by atoms with Gasteiger partial charge in [-0.3, -0.25) is 4.98 Å². The van der Waals surface area contributed by atoms with Gasteiger partial charge in [-0.1, -0.05) is 42.8 Å². The molecule has 0 aliphatic heterocycles. The smallest absolute Gasteiger partial charge is 0.337 e. The number of aromatic nitrogens is 1. The number of fused-ring (bicyclic) bond motifs is 1. The maximum Gasteiger partial charge on any atom is 0.337 e. The Hall–Kier alpha value is -2.39. The number of benzene rings is 2. The lowest BCUT2D eigenvalue weighted by atomic mass is 9.99. The fourth-order valence-electron chi connectivity index (χ4n) is 2.59. The molecular weight excluding hydrogens is 310 g/mol. The van der Waals surface area contributed by atoms with E-state index in [0.29, 0.717) is 10.6 Å². The number of rotatable bonds is 3. The number of carbonyl (C=O) groups excluding carboxylic acids is 1. The summed E-state index contributed by atoms with van der Waals surface area (Å²) in [6.45, 7) is 2.06. The highest BCUT2D eigenvalue weighted by molar-refractivity contribution is 6.33. The summed E-state index contributed by atoms with van der Waals surface area (Å²) in [6, 6.07) is 13.3. The van der Waals surface area contributed by atoms with E-state index in [1.807, 2.05) is 42.6 Å². The maximum atomic E-state index is 11.8. The van der Waals surface area contributed by atoms with E-state index in [4.69, 9.17) is 16.3 Å². The molecule has 3 aromatic rings. The van der Waals surface area contributed by atoms with Crippen LogP contribution >= 0.6 is 11.6 Å². The molecule has 0 unspecified atom stereocenters. The molecule has 0 aliphatic rings. The summed E-state index contributed by atoms with van der Waals surface area (Å²) >= 11 is 6.42. The monoisotopic (exact) mass is 325 g/mol. The summed E-state index contributed by atoms with van der Waals surface area (Å²) in [4.78, 5) is 16.3. The molecule has 0 N–H and O–H groups in total. The number of nitrogens with zero attached hydrogens (tertiary/aromatic N) is 1. The first-order valence-corrected chi connectivity index (χ1v) is 7.77. The second-order valence-electron chi connectivity index (χ2n) is 5.26. The van der Waals surface area contributed by atoms with Gasteiger partial charge in [-0.05, 0) is 41.0 Å². The van der Waals surface area contributed by atoms with E-state index in [0.717, 1.165) is 34.0 Å². The standard InChI is InChI=1S/C19H16ClNO2/c1-3-12-9-17(20)18(21-11-12)15-6-4-5-13-7-8-14(10-16(13)15)19(22)23-2/h4-11H,3H2,1-2H3. The zero-order valence-corrected chi connectivity index (χ0v) is 13.7. The van der Waals surface area contributed by atoms with E-state index in [1.54, 1.807) is 6.07 Å². The predicted octanol–water partition coefficient (Wildman–Crippen LogP) is 4.90. The average molecular weight is 326 g/mol. The van der Waals surface area contributed by atoms with Crippen molar-refractivity contribution in [2.24, 2.45) is 0 Å². The molecule has 2 aromatic carbocycles. The molecule has 4 heteroatoms. The zero-order valence-electron chi connectivity index (χ0n) is 13.0. The van der Waals surface area contributed by atoms with Crippen molar-refractivity contribution < 1.29 is 9.53 Å². The number of carbonyl (C=O) groups is 1. The van der Waals surface area contributed by atoms with Crippen molar-refractivity contribution in [2.75, 3.05) is 7.11 Å². The molecule has 1 aromatic heterocycles. The second-order valence-corrected chi connectivity index (χ2v) is 5.67. The van der Waals surface area contributed by atoms with Crippen LogP contribution in [0.15, 0.2) is 48.7 Å². The van der Waals surface area contributed by atoms with Crippen LogP contribution in [-0.4, -0.2) is 18.1 Å². The summed E-state index contributed by atoms with van der Waals surface area (Å²) in [5.41, 5.74) is 3.22. The van der Waals surface area contributed by atoms with E-state index in [9.17, 15) is 4.79 Å². The van der Waals surface area contributed by atoms with E-state index in [2.05, 4.69) is 11.9 Å². The van der Waals surface area contributed by atoms with Crippen LogP contribution in [0, 0.1) is 0 Å². The third-order valence-corrected chi connectivity index (χ3v) is 4.15. The minimum Gasteiger partial charge on any atom is -0.465 e. The summed E-state index contributed by atoms with van der Waals surface area (Å²) in [5.74, 6) is -0.359. The lowest BCUT2D eigenvalue weighted by Gasteiger charge is -2.10. The van der Waals surface area contributed by atoms with Gasteiger partial charge in [0.05, 0.1) is 23.4 Å². The Labute approximate surface area is 139 Å². The molecule has 0 spiro atoms. The van der Waals surface area contributed by atoms with Gasteiger partial charge in [0.25, 0.3) is 0 Å². The van der Waals surface area contributed by atoms with Gasteiger partial charge in [0, 0.05) is 11.8 Å². The van der Waals surface area contributed by atoms with Crippen molar-refractivity contribution in [2.45, 2.75) is 13.3 Å². The van der Waals surface area contributed by atoms with Crippen molar-refractivity contribution in [1.29, 1.82) is 0 Å². The van der Waals surface area contributed by atoms with Crippen LogP contribution in [0.4, 0.5) is 0 Å². The second kappa shape index (κ2) is 6.39. The molecule has 0 bridgehead atoms. The highest BCUT2D eigenvalue weighted by Crippen LogP contribution is 2.33. The summed E-state index contributed by atoms with van der Waals surface area (Å²) in [7, 11) is 1.38. The molecule has 0 amide bonds. The first-order valence-electron chi connectivity index (χ1n) is 7.40. The number of ether oxygens (including phenoxy) is 1. The van der Waals surface area contributed by atoms with E-state index in [1.165, 1.54) is 7.11 Å². The topological polar surface area (TPSA) is 39.2 Å². The van der Waals surface area contributed by atoms with Gasteiger partial charge in [-0.2, -0.15) is 0 Å². The summed E-state index contributed by atoms with van der Waals surface area (Å²) < 4.78 is 4.80. The molecule has 0 saturated carbocycles. The van der Waals surface area contributed by atoms with Crippen LogP contribution in [0.5, 0.6) is 0 Å². The number of methoxy groups -OCH3 is 1. The number of aryl methyl sites for hydroxylation is 1. The van der Waals surface area contributed by atoms with Crippen molar-refractivity contribution in [3.63, 3.8) is 0 Å². The molecular formula is C19H16ClNO2. The van der Waals surface area contributed by atoms with Gasteiger partial charge in [-0.25, -0.2) is 4.79 Å². The molecule has 116 valence electrons. The highest BCUT2D eigenvalue weighted by atomic mass is 35.5. The molecule has 3 rings (SSSR count). The Morgan fingerprint density at radius 1 is 1.22 bits per heavy atom. The van der Waals surface area contributed by atoms with Gasteiger partial charge in [0.1, 0.15) is 0 Å². The van der Waals surface area contributed by atoms with Crippen LogP contribution in [-0.2, 0) is 11.2 Å². The Morgan fingerprint density at radius 3 is 2.74 bits per heavy atom. The van der Waals surface area contributed by atoms with E-state index < -0.39 is 0 Å². The summed E-state index contributed by atoms with van der Waals surface area (Å²) in [6.07, 6.45) is 2.72. The number of hydrogen-bond donors (Lipinski definition) is 0. The Bertz CT molecular complexity index is 890. The number of halogens is 1. The largest absolute Gasteiger partial charge is 0.465 e. The highest BCUT2D eigenvalue weighted by Gasteiger charge is 2.12. The van der Waals surface area contributed by atoms with Crippen LogP contribution in [0.3, 0.4) is 0 Å². The molecule has 0 radical (unpaired) electrons. The average Bonchev–Trinajstić information content (AvgIpc) is 2.60. The predicted molar refractivity (Wildman–Crippen MR) is 92.9 cm³/mol. The van der Waals surface area contributed by atoms with Crippen molar-refractivity contribution >= 4 is 28.3 Å². The SMILES string of the molecule is CCc1cnc(-c2cccc3ccc(C(=O)OC)cc23)c(Cl)c1. The summed E-state index contributed by atoms with van der Waals surface area (Å²) in [5, 5.41) is 2.56. The third kappa shape index (κ3) is 2.92.